The summed E-state index contributed by atoms with van der Waals surface area (Å²) < 4.78 is 10.6. The number of hydrogen-bond acceptors (Lipinski definition) is 5. The van der Waals surface area contributed by atoms with E-state index >= 15 is 0 Å². The zero-order valence-electron chi connectivity index (χ0n) is 12.6. The Morgan fingerprint density at radius 3 is 2.70 bits per heavy atom. The second-order valence-electron chi connectivity index (χ2n) is 5.57. The minimum absolute atomic E-state index is 0.00193. The molecule has 0 saturated carbocycles. The van der Waals surface area contributed by atoms with Crippen LogP contribution in [-0.4, -0.2) is 48.7 Å². The second kappa shape index (κ2) is 6.78. The summed E-state index contributed by atoms with van der Waals surface area (Å²) in [7, 11) is 0. The maximum Gasteiger partial charge on any atom is 0.338 e. The summed E-state index contributed by atoms with van der Waals surface area (Å²) in [6, 6.07) is 6.29. The van der Waals surface area contributed by atoms with Crippen LogP contribution < -0.4 is 5.32 Å². The van der Waals surface area contributed by atoms with E-state index in [-0.39, 0.29) is 31.7 Å². The molecule has 0 aliphatic carbocycles. The Morgan fingerprint density at radius 2 is 2.09 bits per heavy atom. The van der Waals surface area contributed by atoms with E-state index in [9.17, 15) is 14.4 Å². The highest BCUT2D eigenvalue weighted by Gasteiger charge is 2.28. The van der Waals surface area contributed by atoms with Crippen LogP contribution in [0.5, 0.6) is 0 Å². The summed E-state index contributed by atoms with van der Waals surface area (Å²) >= 11 is 0. The van der Waals surface area contributed by atoms with Crippen LogP contribution in [-0.2, 0) is 20.8 Å². The van der Waals surface area contributed by atoms with Gasteiger partial charge in [-0.15, -0.1) is 0 Å². The number of rotatable bonds is 5. The largest absolute Gasteiger partial charge is 0.459 e. The van der Waals surface area contributed by atoms with Crippen LogP contribution in [0.3, 0.4) is 0 Å². The lowest BCUT2D eigenvalue weighted by Gasteiger charge is -2.13. The van der Waals surface area contributed by atoms with Crippen molar-refractivity contribution in [2.75, 3.05) is 19.8 Å². The molecular formula is C16H18N2O5. The van der Waals surface area contributed by atoms with Crippen molar-refractivity contribution >= 4 is 17.9 Å². The van der Waals surface area contributed by atoms with E-state index in [0.29, 0.717) is 5.56 Å². The lowest BCUT2D eigenvalue weighted by Crippen LogP contribution is -2.30. The minimum Gasteiger partial charge on any atom is -0.459 e. The molecule has 23 heavy (non-hydrogen) atoms. The third kappa shape index (κ3) is 3.68. The molecular weight excluding hydrogens is 300 g/mol. The van der Waals surface area contributed by atoms with Crippen LogP contribution in [0, 0.1) is 0 Å². The van der Waals surface area contributed by atoms with Crippen molar-refractivity contribution < 1.29 is 23.9 Å². The zero-order valence-corrected chi connectivity index (χ0v) is 12.6. The Morgan fingerprint density at radius 1 is 1.30 bits per heavy atom. The molecule has 0 aromatic heterocycles. The number of nitrogens with one attached hydrogen (secondary N) is 1. The molecule has 122 valence electrons. The van der Waals surface area contributed by atoms with Gasteiger partial charge in [-0.3, -0.25) is 9.69 Å². The van der Waals surface area contributed by atoms with Crippen LogP contribution in [0.15, 0.2) is 24.3 Å². The third-order valence-electron chi connectivity index (χ3n) is 3.89. The molecule has 0 radical (unpaired) electrons. The fourth-order valence-corrected chi connectivity index (χ4v) is 2.57. The third-order valence-corrected chi connectivity index (χ3v) is 3.89. The average molecular weight is 318 g/mol. The molecule has 3 rings (SSSR count). The van der Waals surface area contributed by atoms with Gasteiger partial charge in [0, 0.05) is 6.61 Å². The highest BCUT2D eigenvalue weighted by Crippen LogP contribution is 2.14. The van der Waals surface area contributed by atoms with E-state index in [4.69, 9.17) is 9.47 Å². The van der Waals surface area contributed by atoms with Gasteiger partial charge in [-0.05, 0) is 30.5 Å². The Kier molecular flexibility index (Phi) is 4.57. The van der Waals surface area contributed by atoms with Crippen molar-refractivity contribution in [3.8, 4) is 0 Å². The van der Waals surface area contributed by atoms with Crippen molar-refractivity contribution in [1.82, 2.24) is 10.2 Å². The Hall–Kier alpha value is -2.41. The predicted molar refractivity (Wildman–Crippen MR) is 79.6 cm³/mol. The summed E-state index contributed by atoms with van der Waals surface area (Å²) in [4.78, 5) is 36.1. The van der Waals surface area contributed by atoms with Gasteiger partial charge in [-0.1, -0.05) is 12.1 Å². The van der Waals surface area contributed by atoms with Crippen molar-refractivity contribution in [1.29, 1.82) is 0 Å². The van der Waals surface area contributed by atoms with Gasteiger partial charge in [0.15, 0.2) is 0 Å². The first-order valence-corrected chi connectivity index (χ1v) is 7.59. The van der Waals surface area contributed by atoms with Gasteiger partial charge >= 0.3 is 12.0 Å². The van der Waals surface area contributed by atoms with Crippen molar-refractivity contribution in [2.24, 2.45) is 0 Å². The number of imide groups is 1. The van der Waals surface area contributed by atoms with Gasteiger partial charge in [0.05, 0.1) is 24.8 Å². The fraction of sp³-hybridized carbons (Fsp3) is 0.438. The topological polar surface area (TPSA) is 84.9 Å². The molecule has 0 spiro atoms. The molecule has 2 aliphatic rings. The number of esters is 1. The van der Waals surface area contributed by atoms with E-state index in [1.807, 2.05) is 0 Å². The number of urea groups is 1. The lowest BCUT2D eigenvalue weighted by atomic mass is 10.1. The van der Waals surface area contributed by atoms with Crippen LogP contribution in [0.4, 0.5) is 4.79 Å². The molecule has 2 aliphatic heterocycles. The first-order valence-electron chi connectivity index (χ1n) is 7.59. The molecule has 2 fully saturated rings. The van der Waals surface area contributed by atoms with Gasteiger partial charge in [0.1, 0.15) is 6.61 Å². The standard InChI is InChI=1S/C16H18N2O5/c19-14-8-17-16(21)18(14)9-11-3-5-12(6-4-11)15(20)23-10-13-2-1-7-22-13/h3-6,13H,1-2,7-10H2,(H,17,21)/t13-/m1/s1. The van der Waals surface area contributed by atoms with Crippen molar-refractivity contribution in [2.45, 2.75) is 25.5 Å². The van der Waals surface area contributed by atoms with E-state index in [1.54, 1.807) is 24.3 Å². The average Bonchev–Trinajstić information content (AvgIpc) is 3.18. The highest BCUT2D eigenvalue weighted by atomic mass is 16.6. The van der Waals surface area contributed by atoms with E-state index in [1.165, 1.54) is 0 Å². The summed E-state index contributed by atoms with van der Waals surface area (Å²) in [5, 5.41) is 2.46. The van der Waals surface area contributed by atoms with Crippen LogP contribution in [0.25, 0.3) is 0 Å². The van der Waals surface area contributed by atoms with E-state index < -0.39 is 12.0 Å². The lowest BCUT2D eigenvalue weighted by molar-refractivity contribution is -0.125. The number of carbonyl (C=O) groups excluding carboxylic acids is 3. The first-order chi connectivity index (χ1) is 11.1. The second-order valence-corrected chi connectivity index (χ2v) is 5.57. The molecule has 1 aromatic rings. The maximum atomic E-state index is 12.0. The molecule has 1 atom stereocenters. The van der Waals surface area contributed by atoms with Crippen LogP contribution in [0.1, 0.15) is 28.8 Å². The summed E-state index contributed by atoms with van der Waals surface area (Å²) in [5.41, 5.74) is 1.20. The molecule has 7 heteroatoms. The van der Waals surface area contributed by atoms with E-state index in [2.05, 4.69) is 5.32 Å². The number of ether oxygens (including phenoxy) is 2. The fourth-order valence-electron chi connectivity index (χ4n) is 2.57. The Labute approximate surface area is 133 Å². The number of hydrogen-bond donors (Lipinski definition) is 1. The molecule has 2 saturated heterocycles. The normalized spacial score (nSPS) is 20.7. The monoisotopic (exact) mass is 318 g/mol. The smallest absolute Gasteiger partial charge is 0.338 e. The molecule has 1 aromatic carbocycles. The van der Waals surface area contributed by atoms with E-state index in [0.717, 1.165) is 29.9 Å². The summed E-state index contributed by atoms with van der Waals surface area (Å²) in [5.74, 6) is -0.655. The van der Waals surface area contributed by atoms with Crippen molar-refractivity contribution in [3.63, 3.8) is 0 Å². The quantitative estimate of drug-likeness (QED) is 0.648. The number of benzene rings is 1. The molecule has 0 bridgehead atoms. The number of carbonyl (C=O) groups is 3. The molecule has 2 heterocycles. The Bertz CT molecular complexity index is 591. The molecule has 3 amide bonds. The van der Waals surface area contributed by atoms with Gasteiger partial charge in [0.25, 0.3) is 0 Å². The predicted octanol–water partition coefficient (Wildman–Crippen LogP) is 1.07. The highest BCUT2D eigenvalue weighted by molar-refractivity contribution is 6.01. The SMILES string of the molecule is O=C(OC[C@H]1CCCO1)c1ccc(CN2C(=O)CNC2=O)cc1. The van der Waals surface area contributed by atoms with Crippen LogP contribution >= 0.6 is 0 Å². The number of nitrogens with zero attached hydrogens (tertiary/aromatic N) is 1. The number of amides is 3. The van der Waals surface area contributed by atoms with Gasteiger partial charge in [-0.25, -0.2) is 9.59 Å². The van der Waals surface area contributed by atoms with Gasteiger partial charge < -0.3 is 14.8 Å². The van der Waals surface area contributed by atoms with Crippen molar-refractivity contribution in [3.05, 3.63) is 35.4 Å². The molecule has 7 nitrogen and oxygen atoms in total. The maximum absolute atomic E-state index is 12.0. The van der Waals surface area contributed by atoms with Gasteiger partial charge in [0.2, 0.25) is 5.91 Å². The van der Waals surface area contributed by atoms with Gasteiger partial charge in [-0.2, -0.15) is 0 Å². The van der Waals surface area contributed by atoms with Crippen LogP contribution in [0.2, 0.25) is 0 Å². The summed E-state index contributed by atoms with van der Waals surface area (Å²) in [6.07, 6.45) is 1.91. The first kappa shape index (κ1) is 15.5. The zero-order chi connectivity index (χ0) is 16.2. The molecule has 0 unspecified atom stereocenters. The Balaban J connectivity index is 1.54. The molecule has 1 N–H and O–H groups in total. The summed E-state index contributed by atoms with van der Waals surface area (Å²) in [6.45, 7) is 1.21. The minimum atomic E-state index is -0.401.